The van der Waals surface area contributed by atoms with Gasteiger partial charge in [-0.2, -0.15) is 0 Å². The predicted molar refractivity (Wildman–Crippen MR) is 61.9 cm³/mol. The molecule has 0 atom stereocenters. The van der Waals surface area contributed by atoms with Gasteiger partial charge in [-0.3, -0.25) is 0 Å². The van der Waals surface area contributed by atoms with Crippen LogP contribution < -0.4 is 5.32 Å². The monoisotopic (exact) mass is 213 g/mol. The number of hydrogen-bond acceptors (Lipinski definition) is 4. The first-order valence-electron chi connectivity index (χ1n) is 5.37. The Labute approximate surface area is 89.9 Å². The number of aromatic nitrogens is 2. The molecule has 0 aliphatic carbocycles. The molecular weight excluding hydrogens is 194 g/mol. The molecule has 0 amide bonds. The summed E-state index contributed by atoms with van der Waals surface area (Å²) >= 11 is 1.62. The highest BCUT2D eigenvalue weighted by Crippen LogP contribution is 2.13. The lowest BCUT2D eigenvalue weighted by molar-refractivity contribution is 0.645. The van der Waals surface area contributed by atoms with Crippen molar-refractivity contribution in [1.82, 2.24) is 10.2 Å². The second-order valence-electron chi connectivity index (χ2n) is 3.47. The maximum absolute atomic E-state index is 4.01. The fourth-order valence-corrected chi connectivity index (χ4v) is 1.91. The van der Waals surface area contributed by atoms with E-state index in [1.54, 1.807) is 11.3 Å². The van der Waals surface area contributed by atoms with Gasteiger partial charge in [0.15, 0.2) is 0 Å². The molecule has 0 radical (unpaired) electrons. The molecule has 0 aliphatic heterocycles. The average Bonchev–Trinajstić information content (AvgIpc) is 2.58. The van der Waals surface area contributed by atoms with E-state index in [0.717, 1.165) is 16.7 Å². The van der Waals surface area contributed by atoms with Crippen molar-refractivity contribution in [2.24, 2.45) is 0 Å². The molecule has 1 heterocycles. The highest BCUT2D eigenvalue weighted by atomic mass is 32.1. The van der Waals surface area contributed by atoms with E-state index in [1.807, 2.05) is 6.92 Å². The Bertz CT molecular complexity index is 247. The normalized spacial score (nSPS) is 10.4. The molecular formula is C10H19N3S. The van der Waals surface area contributed by atoms with Crippen molar-refractivity contribution in [3.05, 3.63) is 5.01 Å². The van der Waals surface area contributed by atoms with E-state index in [9.17, 15) is 0 Å². The van der Waals surface area contributed by atoms with Gasteiger partial charge in [0.05, 0.1) is 0 Å². The van der Waals surface area contributed by atoms with Crippen LogP contribution in [0.4, 0.5) is 5.13 Å². The molecule has 14 heavy (non-hydrogen) atoms. The first-order chi connectivity index (χ1) is 6.83. The summed E-state index contributed by atoms with van der Waals surface area (Å²) in [6, 6.07) is 0. The molecule has 1 rings (SSSR count). The zero-order chi connectivity index (χ0) is 10.2. The molecule has 0 aliphatic rings. The number of nitrogens with one attached hydrogen (secondary N) is 1. The number of anilines is 1. The minimum absolute atomic E-state index is 0.956. The van der Waals surface area contributed by atoms with Gasteiger partial charge in [0, 0.05) is 6.54 Å². The van der Waals surface area contributed by atoms with Crippen LogP contribution in [0.2, 0.25) is 0 Å². The quantitative estimate of drug-likeness (QED) is 0.707. The number of aryl methyl sites for hydroxylation is 1. The predicted octanol–water partition coefficient (Wildman–Crippen LogP) is 3.23. The second kappa shape index (κ2) is 6.76. The molecule has 1 aromatic heterocycles. The minimum Gasteiger partial charge on any atom is -0.360 e. The van der Waals surface area contributed by atoms with Gasteiger partial charge in [-0.25, -0.2) is 0 Å². The SMILES string of the molecule is CCCCCCCNc1nnc(C)s1. The van der Waals surface area contributed by atoms with Crippen molar-refractivity contribution >= 4 is 16.5 Å². The molecule has 1 aromatic rings. The molecule has 1 N–H and O–H groups in total. The standard InChI is InChI=1S/C10H19N3S/c1-3-4-5-6-7-8-11-10-13-12-9(2)14-10/h3-8H2,1-2H3,(H,11,13). The fourth-order valence-electron chi connectivity index (χ4n) is 1.29. The summed E-state index contributed by atoms with van der Waals surface area (Å²) < 4.78 is 0. The summed E-state index contributed by atoms with van der Waals surface area (Å²) in [5.41, 5.74) is 0. The minimum atomic E-state index is 0.956. The Kier molecular flexibility index (Phi) is 5.52. The molecule has 0 aromatic carbocycles. The third-order valence-corrected chi connectivity index (χ3v) is 2.88. The molecule has 0 saturated heterocycles. The zero-order valence-electron chi connectivity index (χ0n) is 9.05. The lowest BCUT2D eigenvalue weighted by Crippen LogP contribution is -2.00. The fraction of sp³-hybridized carbons (Fsp3) is 0.800. The van der Waals surface area contributed by atoms with Gasteiger partial charge in [0.1, 0.15) is 5.01 Å². The number of rotatable bonds is 7. The van der Waals surface area contributed by atoms with E-state index in [1.165, 1.54) is 32.1 Å². The average molecular weight is 213 g/mol. The topological polar surface area (TPSA) is 37.8 Å². The van der Waals surface area contributed by atoms with Gasteiger partial charge in [0.25, 0.3) is 0 Å². The van der Waals surface area contributed by atoms with Crippen LogP contribution >= 0.6 is 11.3 Å². The van der Waals surface area contributed by atoms with E-state index in [0.29, 0.717) is 0 Å². The Morgan fingerprint density at radius 3 is 2.57 bits per heavy atom. The van der Waals surface area contributed by atoms with Crippen molar-refractivity contribution in [2.75, 3.05) is 11.9 Å². The highest BCUT2D eigenvalue weighted by molar-refractivity contribution is 7.15. The van der Waals surface area contributed by atoms with Crippen molar-refractivity contribution in [1.29, 1.82) is 0 Å². The van der Waals surface area contributed by atoms with E-state index in [2.05, 4.69) is 22.4 Å². The van der Waals surface area contributed by atoms with Crippen molar-refractivity contribution < 1.29 is 0 Å². The van der Waals surface area contributed by atoms with E-state index >= 15 is 0 Å². The summed E-state index contributed by atoms with van der Waals surface area (Å²) in [5.74, 6) is 0. The third-order valence-electron chi connectivity index (χ3n) is 2.08. The highest BCUT2D eigenvalue weighted by Gasteiger charge is 1.97. The van der Waals surface area contributed by atoms with Crippen LogP contribution in [-0.4, -0.2) is 16.7 Å². The van der Waals surface area contributed by atoms with Crippen LogP contribution in [0.1, 0.15) is 44.0 Å². The van der Waals surface area contributed by atoms with Crippen LogP contribution in [0.15, 0.2) is 0 Å². The Morgan fingerprint density at radius 2 is 1.93 bits per heavy atom. The van der Waals surface area contributed by atoms with Gasteiger partial charge < -0.3 is 5.32 Å². The lowest BCUT2D eigenvalue weighted by atomic mass is 10.1. The number of nitrogens with zero attached hydrogens (tertiary/aromatic N) is 2. The van der Waals surface area contributed by atoms with E-state index in [4.69, 9.17) is 0 Å². The van der Waals surface area contributed by atoms with Crippen LogP contribution in [0, 0.1) is 6.92 Å². The summed E-state index contributed by atoms with van der Waals surface area (Å²) in [6.45, 7) is 5.24. The van der Waals surface area contributed by atoms with E-state index in [-0.39, 0.29) is 0 Å². The molecule has 0 saturated carbocycles. The summed E-state index contributed by atoms with van der Waals surface area (Å²) in [5, 5.41) is 13.2. The van der Waals surface area contributed by atoms with Gasteiger partial charge >= 0.3 is 0 Å². The summed E-state index contributed by atoms with van der Waals surface area (Å²) in [7, 11) is 0. The van der Waals surface area contributed by atoms with Crippen molar-refractivity contribution in [3.8, 4) is 0 Å². The Morgan fingerprint density at radius 1 is 1.14 bits per heavy atom. The van der Waals surface area contributed by atoms with Gasteiger partial charge in [0.2, 0.25) is 5.13 Å². The third kappa shape index (κ3) is 4.56. The van der Waals surface area contributed by atoms with Crippen LogP contribution in [-0.2, 0) is 0 Å². The van der Waals surface area contributed by atoms with Gasteiger partial charge in [-0.1, -0.05) is 43.9 Å². The van der Waals surface area contributed by atoms with Crippen LogP contribution in [0.25, 0.3) is 0 Å². The molecule has 0 unspecified atom stereocenters. The Hall–Kier alpha value is -0.640. The maximum atomic E-state index is 4.01. The summed E-state index contributed by atoms with van der Waals surface area (Å²) in [6.07, 6.45) is 6.57. The van der Waals surface area contributed by atoms with Crippen molar-refractivity contribution in [3.63, 3.8) is 0 Å². The number of hydrogen-bond donors (Lipinski definition) is 1. The smallest absolute Gasteiger partial charge is 0.205 e. The lowest BCUT2D eigenvalue weighted by Gasteiger charge is -2.01. The molecule has 80 valence electrons. The van der Waals surface area contributed by atoms with Crippen LogP contribution in [0.3, 0.4) is 0 Å². The largest absolute Gasteiger partial charge is 0.360 e. The first-order valence-corrected chi connectivity index (χ1v) is 6.18. The van der Waals surface area contributed by atoms with Gasteiger partial charge in [-0.15, -0.1) is 10.2 Å². The molecule has 4 heteroatoms. The van der Waals surface area contributed by atoms with Crippen molar-refractivity contribution in [2.45, 2.75) is 46.0 Å². The molecule has 0 bridgehead atoms. The Balaban J connectivity index is 1.99. The van der Waals surface area contributed by atoms with E-state index < -0.39 is 0 Å². The second-order valence-corrected chi connectivity index (χ2v) is 4.65. The molecule has 3 nitrogen and oxygen atoms in total. The van der Waals surface area contributed by atoms with Gasteiger partial charge in [-0.05, 0) is 13.3 Å². The van der Waals surface area contributed by atoms with Crippen LogP contribution in [0.5, 0.6) is 0 Å². The zero-order valence-corrected chi connectivity index (χ0v) is 9.86. The number of unbranched alkanes of at least 4 members (excludes halogenated alkanes) is 4. The molecule has 0 spiro atoms. The molecule has 0 fully saturated rings. The summed E-state index contributed by atoms with van der Waals surface area (Å²) in [4.78, 5) is 0. The maximum Gasteiger partial charge on any atom is 0.205 e. The first kappa shape index (κ1) is 11.4.